The van der Waals surface area contributed by atoms with Crippen LogP contribution in [-0.4, -0.2) is 14.8 Å². The summed E-state index contributed by atoms with van der Waals surface area (Å²) in [6, 6.07) is 14.0. The van der Waals surface area contributed by atoms with E-state index in [0.29, 0.717) is 0 Å². The standard InChI is InChI=1S/C14H10BrN3/c15-12-1-3-13(4-2-12)18-14(7-10-17-18)11-5-8-16-9-6-11/h1-10H. The number of aromatic nitrogens is 3. The van der Waals surface area contributed by atoms with Crippen LogP contribution in [0.3, 0.4) is 0 Å². The minimum absolute atomic E-state index is 1.04. The maximum absolute atomic E-state index is 4.37. The molecule has 3 aromatic rings. The summed E-state index contributed by atoms with van der Waals surface area (Å²) >= 11 is 3.43. The van der Waals surface area contributed by atoms with Crippen LogP contribution in [0, 0.1) is 0 Å². The lowest BCUT2D eigenvalue weighted by Gasteiger charge is -2.07. The minimum Gasteiger partial charge on any atom is -0.265 e. The van der Waals surface area contributed by atoms with E-state index in [0.717, 1.165) is 21.4 Å². The largest absolute Gasteiger partial charge is 0.265 e. The Morgan fingerprint density at radius 2 is 1.56 bits per heavy atom. The molecule has 3 rings (SSSR count). The van der Waals surface area contributed by atoms with Crippen LogP contribution >= 0.6 is 15.9 Å². The lowest BCUT2D eigenvalue weighted by molar-refractivity contribution is 0.887. The predicted molar refractivity (Wildman–Crippen MR) is 74.5 cm³/mol. The maximum atomic E-state index is 4.37. The van der Waals surface area contributed by atoms with Gasteiger partial charge in [-0.1, -0.05) is 15.9 Å². The van der Waals surface area contributed by atoms with Crippen molar-refractivity contribution < 1.29 is 0 Å². The van der Waals surface area contributed by atoms with Crippen LogP contribution < -0.4 is 0 Å². The number of nitrogens with zero attached hydrogens (tertiary/aromatic N) is 3. The number of rotatable bonds is 2. The third-order valence-corrected chi connectivity index (χ3v) is 3.22. The van der Waals surface area contributed by atoms with Gasteiger partial charge in [0.1, 0.15) is 0 Å². The highest BCUT2D eigenvalue weighted by Gasteiger charge is 2.06. The van der Waals surface area contributed by atoms with Crippen LogP contribution in [-0.2, 0) is 0 Å². The van der Waals surface area contributed by atoms with Crippen molar-refractivity contribution in [3.8, 4) is 16.9 Å². The molecular weight excluding hydrogens is 290 g/mol. The van der Waals surface area contributed by atoms with E-state index in [1.165, 1.54) is 0 Å². The number of halogens is 1. The fourth-order valence-corrected chi connectivity index (χ4v) is 2.10. The molecule has 0 fully saturated rings. The van der Waals surface area contributed by atoms with Crippen molar-refractivity contribution in [3.05, 3.63) is 65.5 Å². The maximum Gasteiger partial charge on any atom is 0.0742 e. The van der Waals surface area contributed by atoms with Gasteiger partial charge in [-0.05, 0) is 42.5 Å². The van der Waals surface area contributed by atoms with Gasteiger partial charge < -0.3 is 0 Å². The summed E-state index contributed by atoms with van der Waals surface area (Å²) in [4.78, 5) is 4.03. The summed E-state index contributed by atoms with van der Waals surface area (Å²) < 4.78 is 2.98. The van der Waals surface area contributed by atoms with Gasteiger partial charge in [-0.3, -0.25) is 4.98 Å². The summed E-state index contributed by atoms with van der Waals surface area (Å²) in [7, 11) is 0. The van der Waals surface area contributed by atoms with Crippen LogP contribution in [0.1, 0.15) is 0 Å². The lowest BCUT2D eigenvalue weighted by atomic mass is 10.2. The fraction of sp³-hybridized carbons (Fsp3) is 0. The molecule has 2 heterocycles. The molecule has 0 aliphatic carbocycles. The fourth-order valence-electron chi connectivity index (χ4n) is 1.83. The molecule has 2 aromatic heterocycles. The van der Waals surface area contributed by atoms with Gasteiger partial charge in [-0.2, -0.15) is 5.10 Å². The topological polar surface area (TPSA) is 30.7 Å². The second-order valence-electron chi connectivity index (χ2n) is 3.84. The van der Waals surface area contributed by atoms with Crippen molar-refractivity contribution in [3.63, 3.8) is 0 Å². The smallest absolute Gasteiger partial charge is 0.0742 e. The SMILES string of the molecule is Brc1ccc(-n2nccc2-c2ccncc2)cc1. The zero-order chi connectivity index (χ0) is 12.4. The Balaban J connectivity index is 2.10. The van der Waals surface area contributed by atoms with E-state index in [-0.39, 0.29) is 0 Å². The van der Waals surface area contributed by atoms with E-state index in [9.17, 15) is 0 Å². The monoisotopic (exact) mass is 299 g/mol. The second-order valence-corrected chi connectivity index (χ2v) is 4.76. The zero-order valence-electron chi connectivity index (χ0n) is 9.49. The molecule has 0 N–H and O–H groups in total. The highest BCUT2D eigenvalue weighted by atomic mass is 79.9. The van der Waals surface area contributed by atoms with Crippen molar-refractivity contribution in [2.24, 2.45) is 0 Å². The quantitative estimate of drug-likeness (QED) is 0.722. The predicted octanol–water partition coefficient (Wildman–Crippen LogP) is 3.70. The number of hydrogen-bond donors (Lipinski definition) is 0. The molecule has 3 nitrogen and oxygen atoms in total. The van der Waals surface area contributed by atoms with Gasteiger partial charge in [0, 0.05) is 22.4 Å². The normalized spacial score (nSPS) is 10.5. The first-order chi connectivity index (χ1) is 8.84. The molecule has 0 amide bonds. The average molecular weight is 300 g/mol. The van der Waals surface area contributed by atoms with Crippen LogP contribution in [0.25, 0.3) is 16.9 Å². The number of pyridine rings is 1. The molecule has 1 aromatic carbocycles. The van der Waals surface area contributed by atoms with E-state index in [1.807, 2.05) is 47.1 Å². The summed E-state index contributed by atoms with van der Waals surface area (Å²) in [5.41, 5.74) is 3.19. The highest BCUT2D eigenvalue weighted by Crippen LogP contribution is 2.22. The van der Waals surface area contributed by atoms with E-state index >= 15 is 0 Å². The van der Waals surface area contributed by atoms with Crippen molar-refractivity contribution >= 4 is 15.9 Å². The van der Waals surface area contributed by atoms with Crippen molar-refractivity contribution in [2.75, 3.05) is 0 Å². The molecule has 18 heavy (non-hydrogen) atoms. The Morgan fingerprint density at radius 3 is 2.28 bits per heavy atom. The number of hydrogen-bond acceptors (Lipinski definition) is 2. The van der Waals surface area contributed by atoms with Gasteiger partial charge in [0.15, 0.2) is 0 Å². The van der Waals surface area contributed by atoms with E-state index in [2.05, 4.69) is 26.0 Å². The van der Waals surface area contributed by atoms with Gasteiger partial charge >= 0.3 is 0 Å². The van der Waals surface area contributed by atoms with Gasteiger partial charge in [-0.25, -0.2) is 4.68 Å². The van der Waals surface area contributed by atoms with Gasteiger partial charge in [-0.15, -0.1) is 0 Å². The van der Waals surface area contributed by atoms with E-state index in [1.54, 1.807) is 18.6 Å². The Bertz CT molecular complexity index is 644. The van der Waals surface area contributed by atoms with Crippen LogP contribution in [0.15, 0.2) is 65.5 Å². The third-order valence-electron chi connectivity index (χ3n) is 2.69. The van der Waals surface area contributed by atoms with Gasteiger partial charge in [0.25, 0.3) is 0 Å². The Labute approximate surface area is 113 Å². The third kappa shape index (κ3) is 2.07. The van der Waals surface area contributed by atoms with Crippen molar-refractivity contribution in [1.29, 1.82) is 0 Å². The molecular formula is C14H10BrN3. The van der Waals surface area contributed by atoms with Crippen molar-refractivity contribution in [1.82, 2.24) is 14.8 Å². The number of benzene rings is 1. The van der Waals surface area contributed by atoms with Gasteiger partial charge in [0.05, 0.1) is 17.6 Å². The van der Waals surface area contributed by atoms with Crippen LogP contribution in [0.2, 0.25) is 0 Å². The average Bonchev–Trinajstić information content (AvgIpc) is 2.90. The van der Waals surface area contributed by atoms with Crippen LogP contribution in [0.4, 0.5) is 0 Å². The first-order valence-electron chi connectivity index (χ1n) is 5.55. The first kappa shape index (κ1) is 11.2. The molecule has 0 bridgehead atoms. The minimum atomic E-state index is 1.04. The van der Waals surface area contributed by atoms with E-state index in [4.69, 9.17) is 0 Å². The Morgan fingerprint density at radius 1 is 0.833 bits per heavy atom. The summed E-state index contributed by atoms with van der Waals surface area (Å²) in [6.07, 6.45) is 5.38. The summed E-state index contributed by atoms with van der Waals surface area (Å²) in [6.45, 7) is 0. The molecule has 0 saturated carbocycles. The summed E-state index contributed by atoms with van der Waals surface area (Å²) in [5.74, 6) is 0. The molecule has 0 aliphatic heterocycles. The molecule has 0 unspecified atom stereocenters. The van der Waals surface area contributed by atoms with Crippen molar-refractivity contribution in [2.45, 2.75) is 0 Å². The molecule has 0 aliphatic rings. The zero-order valence-corrected chi connectivity index (χ0v) is 11.1. The highest BCUT2D eigenvalue weighted by molar-refractivity contribution is 9.10. The Kier molecular flexibility index (Phi) is 2.94. The molecule has 88 valence electrons. The molecule has 0 saturated heterocycles. The second kappa shape index (κ2) is 4.74. The van der Waals surface area contributed by atoms with Crippen LogP contribution in [0.5, 0.6) is 0 Å². The molecule has 0 spiro atoms. The summed E-state index contributed by atoms with van der Waals surface area (Å²) in [5, 5.41) is 4.37. The molecule has 0 atom stereocenters. The first-order valence-corrected chi connectivity index (χ1v) is 6.34. The molecule has 4 heteroatoms. The lowest BCUT2D eigenvalue weighted by Crippen LogP contribution is -1.98. The van der Waals surface area contributed by atoms with Gasteiger partial charge in [0.2, 0.25) is 0 Å². The Hall–Kier alpha value is -1.94. The molecule has 0 radical (unpaired) electrons. The van der Waals surface area contributed by atoms with E-state index < -0.39 is 0 Å².